The monoisotopic (exact) mass is 516 g/mol. The van der Waals surface area contributed by atoms with Crippen LogP contribution >= 0.6 is 0 Å². The number of allylic oxidation sites excluding steroid dienone is 1. The van der Waals surface area contributed by atoms with Gasteiger partial charge in [-0.25, -0.2) is 0 Å². The van der Waals surface area contributed by atoms with E-state index in [2.05, 4.69) is 32.6 Å². The summed E-state index contributed by atoms with van der Waals surface area (Å²) in [5, 5.41) is 12.6. The number of piperazine rings is 1. The molecule has 3 heterocycles. The number of ether oxygens (including phenoxy) is 1. The third-order valence-electron chi connectivity index (χ3n) is 7.30. The molecule has 0 amide bonds. The van der Waals surface area contributed by atoms with E-state index in [0.29, 0.717) is 19.2 Å². The maximum absolute atomic E-state index is 10.7. The van der Waals surface area contributed by atoms with Crippen molar-refractivity contribution in [1.82, 2.24) is 19.8 Å². The Balaban J connectivity index is 1.48. The van der Waals surface area contributed by atoms with Gasteiger partial charge in [0.2, 0.25) is 0 Å². The summed E-state index contributed by atoms with van der Waals surface area (Å²) in [6.07, 6.45) is 5.00. The summed E-state index contributed by atoms with van der Waals surface area (Å²) in [5.74, 6) is 1.20. The van der Waals surface area contributed by atoms with E-state index < -0.39 is 0 Å². The minimum Gasteiger partial charge on any atom is -0.508 e. The predicted octanol–water partition coefficient (Wildman–Crippen LogP) is 3.06. The van der Waals surface area contributed by atoms with Crippen molar-refractivity contribution >= 4 is 28.6 Å². The molecule has 0 aliphatic carbocycles. The zero-order valence-corrected chi connectivity index (χ0v) is 22.4. The van der Waals surface area contributed by atoms with Crippen molar-refractivity contribution in [3.63, 3.8) is 0 Å². The zero-order chi connectivity index (χ0) is 26.6. The fraction of sp³-hybridized carbons (Fsp3) is 0.414. The van der Waals surface area contributed by atoms with Crippen LogP contribution in [-0.2, 0) is 17.8 Å². The number of fused-ring (bicyclic) bond motifs is 2. The van der Waals surface area contributed by atoms with Crippen LogP contribution in [0.1, 0.15) is 18.2 Å². The molecule has 0 saturated carbocycles. The minimum absolute atomic E-state index is 0.187. The molecule has 9 nitrogen and oxygen atoms in total. The molecule has 0 bridgehead atoms. The van der Waals surface area contributed by atoms with Gasteiger partial charge in [0.1, 0.15) is 24.5 Å². The summed E-state index contributed by atoms with van der Waals surface area (Å²) < 4.78 is 6.04. The summed E-state index contributed by atoms with van der Waals surface area (Å²) in [7, 11) is 4.03. The van der Waals surface area contributed by atoms with E-state index in [9.17, 15) is 9.90 Å². The second-order valence-electron chi connectivity index (χ2n) is 10.3. The molecule has 1 N–H and O–H groups in total. The Labute approximate surface area is 223 Å². The van der Waals surface area contributed by atoms with Crippen LogP contribution in [0.2, 0.25) is 0 Å². The van der Waals surface area contributed by atoms with Gasteiger partial charge >= 0.3 is 6.01 Å². The fourth-order valence-electron chi connectivity index (χ4n) is 5.28. The molecule has 200 valence electrons. The maximum atomic E-state index is 10.7. The minimum atomic E-state index is 0.187. The van der Waals surface area contributed by atoms with Crippen molar-refractivity contribution in [1.29, 1.82) is 0 Å². The first-order valence-electron chi connectivity index (χ1n) is 13.2. The van der Waals surface area contributed by atoms with Crippen molar-refractivity contribution in [2.45, 2.75) is 25.9 Å². The van der Waals surface area contributed by atoms with E-state index >= 15 is 0 Å². The van der Waals surface area contributed by atoms with E-state index in [-0.39, 0.29) is 11.8 Å². The van der Waals surface area contributed by atoms with Crippen LogP contribution in [-0.4, -0.2) is 90.6 Å². The largest absolute Gasteiger partial charge is 0.508 e. The van der Waals surface area contributed by atoms with Gasteiger partial charge in [-0.3, -0.25) is 4.79 Å². The summed E-state index contributed by atoms with van der Waals surface area (Å²) >= 11 is 0. The normalized spacial score (nSPS) is 17.9. The Kier molecular flexibility index (Phi) is 7.64. The van der Waals surface area contributed by atoms with Crippen molar-refractivity contribution < 1.29 is 14.6 Å². The third-order valence-corrected chi connectivity index (χ3v) is 7.30. The van der Waals surface area contributed by atoms with Gasteiger partial charge in [-0.05, 0) is 45.0 Å². The number of phenols is 1. The van der Waals surface area contributed by atoms with E-state index in [0.717, 1.165) is 79.0 Å². The highest BCUT2D eigenvalue weighted by atomic mass is 16.5. The van der Waals surface area contributed by atoms with Crippen LogP contribution in [0.5, 0.6) is 11.8 Å². The molecular weight excluding hydrogens is 480 g/mol. The first kappa shape index (κ1) is 25.8. The number of likely N-dealkylation sites (N-methyl/N-ethyl adjacent to an activating group) is 1. The third kappa shape index (κ3) is 5.52. The molecule has 5 rings (SSSR count). The first-order chi connectivity index (χ1) is 18.4. The highest BCUT2D eigenvalue weighted by Crippen LogP contribution is 2.38. The van der Waals surface area contributed by atoms with Gasteiger partial charge in [-0.2, -0.15) is 9.97 Å². The number of hydrogen-bond donors (Lipinski definition) is 1. The van der Waals surface area contributed by atoms with Gasteiger partial charge in [0.05, 0.1) is 12.2 Å². The lowest BCUT2D eigenvalue weighted by molar-refractivity contribution is -0.104. The highest BCUT2D eigenvalue weighted by Gasteiger charge is 2.31. The first-order valence-corrected chi connectivity index (χ1v) is 13.2. The topological polar surface area (TPSA) is 85.3 Å². The number of hydrogen-bond acceptors (Lipinski definition) is 9. The molecule has 1 aromatic heterocycles. The molecule has 1 saturated heterocycles. The SMILES string of the molecule is C[C@@H]1Cc2c(nc(OCCN(C)C)nc2N2CCN(C=CC=O)CC2)CN1c1cc(O)cc2ccccc12. The molecule has 2 aliphatic rings. The van der Waals surface area contributed by atoms with E-state index in [1.807, 2.05) is 50.6 Å². The molecule has 2 aromatic carbocycles. The van der Waals surface area contributed by atoms with Gasteiger partial charge in [-0.1, -0.05) is 24.3 Å². The number of anilines is 2. The van der Waals surface area contributed by atoms with E-state index in [1.165, 1.54) is 0 Å². The number of aromatic nitrogens is 2. The van der Waals surface area contributed by atoms with Crippen LogP contribution in [0.4, 0.5) is 11.5 Å². The summed E-state index contributed by atoms with van der Waals surface area (Å²) in [6.45, 7) is 7.34. The number of aldehydes is 1. The van der Waals surface area contributed by atoms with Gasteiger partial charge in [0.15, 0.2) is 0 Å². The Bertz CT molecular complexity index is 1320. The van der Waals surface area contributed by atoms with Crippen molar-refractivity contribution in [2.75, 3.05) is 63.2 Å². The standard InChI is InChI=1S/C29H36N6O3/c1-21-17-25-26(20-35(21)27-19-23(37)18-22-7-4-5-8-24(22)27)30-29(38-16-14-32(2)3)31-28(25)34-12-10-33(11-13-34)9-6-15-36/h4-9,15,18-19,21,37H,10-14,16-17,20H2,1-3H3/t21-/m1/s1. The van der Waals surface area contributed by atoms with Crippen molar-refractivity contribution in [3.05, 3.63) is 59.9 Å². The molecule has 0 unspecified atom stereocenters. The Morgan fingerprint density at radius 2 is 1.92 bits per heavy atom. The van der Waals surface area contributed by atoms with Crippen molar-refractivity contribution in [3.8, 4) is 11.8 Å². The fourth-order valence-corrected chi connectivity index (χ4v) is 5.28. The summed E-state index contributed by atoms with van der Waals surface area (Å²) in [6, 6.07) is 12.4. The van der Waals surface area contributed by atoms with Crippen LogP contribution in [0, 0.1) is 0 Å². The predicted molar refractivity (Wildman–Crippen MR) is 150 cm³/mol. The second-order valence-corrected chi connectivity index (χ2v) is 10.3. The number of carbonyl (C=O) groups excluding carboxylic acids is 1. The summed E-state index contributed by atoms with van der Waals surface area (Å²) in [5.41, 5.74) is 3.13. The van der Waals surface area contributed by atoms with Gasteiger partial charge in [0.25, 0.3) is 0 Å². The summed E-state index contributed by atoms with van der Waals surface area (Å²) in [4.78, 5) is 29.4. The number of benzene rings is 2. The molecule has 1 atom stereocenters. The van der Waals surface area contributed by atoms with Gasteiger partial charge in [-0.15, -0.1) is 0 Å². The highest BCUT2D eigenvalue weighted by molar-refractivity contribution is 5.96. The average Bonchev–Trinajstić information content (AvgIpc) is 2.91. The lowest BCUT2D eigenvalue weighted by Crippen LogP contribution is -2.46. The number of carbonyl (C=O) groups is 1. The molecule has 2 aliphatic heterocycles. The van der Waals surface area contributed by atoms with E-state index in [1.54, 1.807) is 6.08 Å². The van der Waals surface area contributed by atoms with Crippen LogP contribution in [0.3, 0.4) is 0 Å². The molecular formula is C29H36N6O3. The zero-order valence-electron chi connectivity index (χ0n) is 22.4. The number of phenolic OH excluding ortho intramolecular Hbond substituents is 1. The van der Waals surface area contributed by atoms with Crippen molar-refractivity contribution in [2.24, 2.45) is 0 Å². The quantitative estimate of drug-likeness (QED) is 0.359. The maximum Gasteiger partial charge on any atom is 0.318 e. The molecule has 9 heteroatoms. The molecule has 0 radical (unpaired) electrons. The lowest BCUT2D eigenvalue weighted by Gasteiger charge is -2.40. The average molecular weight is 517 g/mol. The number of aromatic hydroxyl groups is 1. The van der Waals surface area contributed by atoms with Gasteiger partial charge in [0, 0.05) is 67.7 Å². The van der Waals surface area contributed by atoms with Crippen LogP contribution in [0.15, 0.2) is 48.7 Å². The number of nitrogens with zero attached hydrogens (tertiary/aromatic N) is 6. The Morgan fingerprint density at radius 3 is 2.68 bits per heavy atom. The number of rotatable bonds is 8. The Hall–Kier alpha value is -3.85. The molecule has 3 aromatic rings. The smallest absolute Gasteiger partial charge is 0.318 e. The van der Waals surface area contributed by atoms with Gasteiger partial charge < -0.3 is 29.4 Å². The van der Waals surface area contributed by atoms with E-state index in [4.69, 9.17) is 14.7 Å². The second kappa shape index (κ2) is 11.3. The molecule has 1 fully saturated rings. The molecule has 38 heavy (non-hydrogen) atoms. The van der Waals surface area contributed by atoms with Crippen LogP contribution < -0.4 is 14.5 Å². The molecule has 0 spiro atoms. The Morgan fingerprint density at radius 1 is 1.13 bits per heavy atom. The van der Waals surface area contributed by atoms with Crippen LogP contribution in [0.25, 0.3) is 10.8 Å². The lowest BCUT2D eigenvalue weighted by atomic mass is 9.96.